The molecule has 0 aliphatic carbocycles. The Balaban J connectivity index is 1.53. The topological polar surface area (TPSA) is 98.1 Å². The van der Waals surface area contributed by atoms with Crippen LogP contribution < -0.4 is 15.4 Å². The maximum Gasteiger partial charge on any atom is 0.253 e. The molecule has 38 heavy (non-hydrogen) atoms. The second kappa shape index (κ2) is 12.3. The molecule has 0 bridgehead atoms. The summed E-state index contributed by atoms with van der Waals surface area (Å²) in [6.45, 7) is 4.12. The summed E-state index contributed by atoms with van der Waals surface area (Å²) in [5.74, 6) is 0.771. The summed E-state index contributed by atoms with van der Waals surface area (Å²) in [6.07, 6.45) is 0. The number of anilines is 1. The summed E-state index contributed by atoms with van der Waals surface area (Å²) in [4.78, 5) is 25.4. The van der Waals surface area contributed by atoms with Gasteiger partial charge in [0.05, 0.1) is 35.7 Å². The number of nitrogens with zero attached hydrogens (tertiary/aromatic N) is 3. The van der Waals surface area contributed by atoms with E-state index in [1.54, 1.807) is 43.5 Å². The van der Waals surface area contributed by atoms with Gasteiger partial charge >= 0.3 is 0 Å². The van der Waals surface area contributed by atoms with E-state index in [4.69, 9.17) is 27.9 Å². The molecular weight excluding hydrogens is 545 g/mol. The van der Waals surface area contributed by atoms with Gasteiger partial charge in [-0.15, -0.1) is 10.2 Å². The first-order chi connectivity index (χ1) is 18.3. The number of hydrogen-bond donors (Lipinski definition) is 2. The van der Waals surface area contributed by atoms with Crippen molar-refractivity contribution in [1.82, 2.24) is 20.1 Å². The summed E-state index contributed by atoms with van der Waals surface area (Å²) in [6, 6.07) is 17.7. The molecule has 0 unspecified atom stereocenters. The summed E-state index contributed by atoms with van der Waals surface area (Å²) in [7, 11) is 1.59. The van der Waals surface area contributed by atoms with Gasteiger partial charge in [-0.2, -0.15) is 0 Å². The highest BCUT2D eigenvalue weighted by molar-refractivity contribution is 7.99. The number of amides is 2. The SMILES string of the molecule is COc1ccc(NC(=O)CSc2nnc(CNC(=O)c3ccc(Cl)cc3Cl)n2-c2cccc(C)c2C)cc1. The van der Waals surface area contributed by atoms with Crippen LogP contribution in [0.15, 0.2) is 65.8 Å². The number of halogens is 2. The number of carbonyl (C=O) groups excluding carboxylic acids is 2. The Hall–Kier alpha value is -3.53. The zero-order chi connectivity index (χ0) is 27.2. The van der Waals surface area contributed by atoms with Crippen LogP contribution in [0, 0.1) is 13.8 Å². The van der Waals surface area contributed by atoms with Crippen molar-refractivity contribution in [2.45, 2.75) is 25.5 Å². The van der Waals surface area contributed by atoms with E-state index in [2.05, 4.69) is 20.8 Å². The van der Waals surface area contributed by atoms with Crippen LogP contribution in [-0.2, 0) is 11.3 Å². The number of thioether (sulfide) groups is 1. The van der Waals surface area contributed by atoms with E-state index in [1.165, 1.54) is 17.8 Å². The second-order valence-electron chi connectivity index (χ2n) is 8.33. The molecule has 2 amide bonds. The predicted molar refractivity (Wildman–Crippen MR) is 151 cm³/mol. The maximum atomic E-state index is 12.8. The van der Waals surface area contributed by atoms with E-state index in [9.17, 15) is 9.59 Å². The Bertz CT molecular complexity index is 1470. The Morgan fingerprint density at radius 1 is 1.03 bits per heavy atom. The van der Waals surface area contributed by atoms with Crippen LogP contribution in [0.2, 0.25) is 10.0 Å². The Morgan fingerprint density at radius 3 is 2.50 bits per heavy atom. The van der Waals surface area contributed by atoms with Gasteiger partial charge in [0.15, 0.2) is 11.0 Å². The molecule has 1 aromatic heterocycles. The second-order valence-corrected chi connectivity index (χ2v) is 10.1. The van der Waals surface area contributed by atoms with Gasteiger partial charge in [-0.25, -0.2) is 0 Å². The molecule has 4 aromatic rings. The van der Waals surface area contributed by atoms with Gasteiger partial charge in [0, 0.05) is 10.7 Å². The van der Waals surface area contributed by atoms with Gasteiger partial charge < -0.3 is 15.4 Å². The zero-order valence-electron chi connectivity index (χ0n) is 20.9. The Labute approximate surface area is 234 Å². The van der Waals surface area contributed by atoms with Crippen LogP contribution in [0.3, 0.4) is 0 Å². The molecule has 0 radical (unpaired) electrons. The number of aromatic nitrogens is 3. The van der Waals surface area contributed by atoms with Crippen molar-refractivity contribution in [3.8, 4) is 11.4 Å². The lowest BCUT2D eigenvalue weighted by Crippen LogP contribution is -2.25. The lowest BCUT2D eigenvalue weighted by Gasteiger charge is -2.15. The maximum absolute atomic E-state index is 12.8. The molecule has 4 rings (SSSR count). The number of methoxy groups -OCH3 is 1. The van der Waals surface area contributed by atoms with Gasteiger partial charge in [-0.1, -0.05) is 47.1 Å². The molecule has 196 valence electrons. The molecule has 8 nitrogen and oxygen atoms in total. The molecule has 3 aromatic carbocycles. The van der Waals surface area contributed by atoms with Gasteiger partial charge in [0.2, 0.25) is 5.91 Å². The van der Waals surface area contributed by atoms with Crippen LogP contribution in [0.25, 0.3) is 5.69 Å². The lowest BCUT2D eigenvalue weighted by molar-refractivity contribution is -0.113. The predicted octanol–water partition coefficient (Wildman–Crippen LogP) is 5.86. The molecule has 0 aliphatic heterocycles. The Morgan fingerprint density at radius 2 is 1.79 bits per heavy atom. The van der Waals surface area contributed by atoms with Crippen molar-refractivity contribution in [3.63, 3.8) is 0 Å². The standard InChI is InChI=1S/C27H25Cl2N5O3S/c1-16-5-4-6-23(17(16)2)34-24(14-30-26(36)21-12-7-18(28)13-22(21)29)32-33-27(34)38-15-25(35)31-19-8-10-20(37-3)11-9-19/h4-13H,14-15H2,1-3H3,(H,30,36)(H,31,35). The van der Waals surface area contributed by atoms with Crippen molar-refractivity contribution in [1.29, 1.82) is 0 Å². The van der Waals surface area contributed by atoms with E-state index in [0.29, 0.717) is 33.0 Å². The minimum absolute atomic E-state index is 0.0940. The molecular formula is C27H25Cl2N5O3S. The summed E-state index contributed by atoms with van der Waals surface area (Å²) in [5, 5.41) is 15.6. The number of hydrogen-bond acceptors (Lipinski definition) is 6. The van der Waals surface area contributed by atoms with E-state index in [-0.39, 0.29) is 29.1 Å². The fourth-order valence-electron chi connectivity index (χ4n) is 3.66. The molecule has 0 saturated carbocycles. The van der Waals surface area contributed by atoms with Crippen LogP contribution in [-0.4, -0.2) is 39.4 Å². The average Bonchev–Trinajstić information content (AvgIpc) is 3.30. The third kappa shape index (κ3) is 6.48. The first-order valence-corrected chi connectivity index (χ1v) is 13.3. The van der Waals surface area contributed by atoms with E-state index >= 15 is 0 Å². The van der Waals surface area contributed by atoms with Crippen molar-refractivity contribution >= 4 is 52.5 Å². The van der Waals surface area contributed by atoms with Crippen molar-refractivity contribution in [2.75, 3.05) is 18.2 Å². The number of rotatable bonds is 9. The molecule has 0 fully saturated rings. The number of ether oxygens (including phenoxy) is 1. The first kappa shape index (κ1) is 27.5. The molecule has 2 N–H and O–H groups in total. The number of benzene rings is 3. The largest absolute Gasteiger partial charge is 0.497 e. The van der Waals surface area contributed by atoms with Crippen LogP contribution >= 0.6 is 35.0 Å². The monoisotopic (exact) mass is 569 g/mol. The Kier molecular flexibility index (Phi) is 8.93. The third-order valence-corrected chi connectivity index (χ3v) is 7.28. The van der Waals surface area contributed by atoms with E-state index in [1.807, 2.05) is 36.6 Å². The van der Waals surface area contributed by atoms with Crippen molar-refractivity contribution < 1.29 is 14.3 Å². The number of aryl methyl sites for hydroxylation is 1. The smallest absolute Gasteiger partial charge is 0.253 e. The minimum atomic E-state index is -0.366. The van der Waals surface area contributed by atoms with Crippen LogP contribution in [0.4, 0.5) is 5.69 Å². The average molecular weight is 571 g/mol. The third-order valence-electron chi connectivity index (χ3n) is 5.81. The van der Waals surface area contributed by atoms with E-state index < -0.39 is 0 Å². The van der Waals surface area contributed by atoms with Gasteiger partial charge in [-0.3, -0.25) is 14.2 Å². The quantitative estimate of drug-likeness (QED) is 0.245. The lowest BCUT2D eigenvalue weighted by atomic mass is 10.1. The van der Waals surface area contributed by atoms with Crippen LogP contribution in [0.5, 0.6) is 5.75 Å². The molecule has 11 heteroatoms. The zero-order valence-corrected chi connectivity index (χ0v) is 23.2. The fourth-order valence-corrected chi connectivity index (χ4v) is 4.92. The van der Waals surface area contributed by atoms with Crippen molar-refractivity contribution in [2.24, 2.45) is 0 Å². The summed E-state index contributed by atoms with van der Waals surface area (Å²) < 4.78 is 7.01. The summed E-state index contributed by atoms with van der Waals surface area (Å²) >= 11 is 13.4. The van der Waals surface area contributed by atoms with Gasteiger partial charge in [0.25, 0.3) is 5.91 Å². The normalized spacial score (nSPS) is 10.8. The molecule has 0 saturated heterocycles. The molecule has 0 atom stereocenters. The van der Waals surface area contributed by atoms with Gasteiger partial charge in [0.1, 0.15) is 5.75 Å². The number of carbonyl (C=O) groups is 2. The summed E-state index contributed by atoms with van der Waals surface area (Å²) in [5.41, 5.74) is 3.95. The first-order valence-electron chi connectivity index (χ1n) is 11.6. The molecule has 0 aliphatic rings. The minimum Gasteiger partial charge on any atom is -0.497 e. The van der Waals surface area contributed by atoms with E-state index in [0.717, 1.165) is 16.8 Å². The molecule has 1 heterocycles. The fraction of sp³-hybridized carbons (Fsp3) is 0.185. The van der Waals surface area contributed by atoms with Crippen LogP contribution in [0.1, 0.15) is 27.3 Å². The highest BCUT2D eigenvalue weighted by Gasteiger charge is 2.19. The van der Waals surface area contributed by atoms with Gasteiger partial charge in [-0.05, 0) is 73.5 Å². The highest BCUT2D eigenvalue weighted by Crippen LogP contribution is 2.27. The highest BCUT2D eigenvalue weighted by atomic mass is 35.5. The number of nitrogens with one attached hydrogen (secondary N) is 2. The van der Waals surface area contributed by atoms with Crippen molar-refractivity contribution in [3.05, 3.63) is 93.2 Å². The molecule has 0 spiro atoms.